The second-order valence-corrected chi connectivity index (χ2v) is 4.12. The molecule has 0 aliphatic carbocycles. The molecule has 2 aromatic rings. The van der Waals surface area contributed by atoms with E-state index >= 15 is 0 Å². The fourth-order valence-corrected chi connectivity index (χ4v) is 1.95. The summed E-state index contributed by atoms with van der Waals surface area (Å²) in [6, 6.07) is 10.1. The molecular weight excluding hydrogens is 252 g/mol. The fraction of sp³-hybridized carbons (Fsp3) is 0.286. The molecule has 0 aliphatic rings. The van der Waals surface area contributed by atoms with Gasteiger partial charge >= 0.3 is 6.61 Å². The predicted octanol–water partition coefficient (Wildman–Crippen LogP) is 3.50. The van der Waals surface area contributed by atoms with Gasteiger partial charge in [0, 0.05) is 0 Å². The molecule has 0 spiro atoms. The van der Waals surface area contributed by atoms with Crippen LogP contribution in [0.1, 0.15) is 23.1 Å². The number of ether oxygens (including phenoxy) is 1. The number of benzene rings is 1. The first kappa shape index (κ1) is 13.5. The third-order valence-electron chi connectivity index (χ3n) is 2.75. The summed E-state index contributed by atoms with van der Waals surface area (Å²) in [5, 5.41) is 3.09. The van der Waals surface area contributed by atoms with E-state index in [2.05, 4.69) is 10.1 Å². The first-order chi connectivity index (χ1) is 9.10. The molecule has 102 valence electrons. The van der Waals surface area contributed by atoms with Gasteiger partial charge in [-0.05, 0) is 43.8 Å². The van der Waals surface area contributed by atoms with E-state index in [4.69, 9.17) is 4.42 Å². The lowest BCUT2D eigenvalue weighted by Crippen LogP contribution is -2.17. The summed E-state index contributed by atoms with van der Waals surface area (Å²) >= 11 is 0. The number of furan rings is 1. The van der Waals surface area contributed by atoms with E-state index in [0.717, 1.165) is 17.1 Å². The number of aryl methyl sites for hydroxylation is 1. The summed E-state index contributed by atoms with van der Waals surface area (Å²) in [5.74, 6) is 1.67. The van der Waals surface area contributed by atoms with Crippen molar-refractivity contribution in [1.82, 2.24) is 5.32 Å². The van der Waals surface area contributed by atoms with Gasteiger partial charge < -0.3 is 14.5 Å². The Hall–Kier alpha value is -1.88. The Kier molecular flexibility index (Phi) is 4.16. The van der Waals surface area contributed by atoms with E-state index in [9.17, 15) is 8.78 Å². The molecule has 1 heterocycles. The van der Waals surface area contributed by atoms with Gasteiger partial charge in [-0.3, -0.25) is 0 Å². The molecule has 0 fully saturated rings. The smallest absolute Gasteiger partial charge is 0.387 e. The largest absolute Gasteiger partial charge is 0.464 e. The number of rotatable bonds is 5. The van der Waals surface area contributed by atoms with E-state index in [0.29, 0.717) is 0 Å². The summed E-state index contributed by atoms with van der Waals surface area (Å²) < 4.78 is 34.4. The van der Waals surface area contributed by atoms with E-state index < -0.39 is 6.61 Å². The van der Waals surface area contributed by atoms with E-state index in [1.807, 2.05) is 25.1 Å². The Balaban J connectivity index is 2.28. The highest BCUT2D eigenvalue weighted by Crippen LogP contribution is 2.26. The maximum Gasteiger partial charge on any atom is 0.387 e. The molecule has 1 N–H and O–H groups in total. The van der Waals surface area contributed by atoms with Gasteiger partial charge in [-0.25, -0.2) is 0 Å². The van der Waals surface area contributed by atoms with Crippen LogP contribution in [0.4, 0.5) is 8.78 Å². The van der Waals surface area contributed by atoms with Crippen LogP contribution in [0.2, 0.25) is 0 Å². The van der Waals surface area contributed by atoms with Crippen LogP contribution in [0.5, 0.6) is 5.75 Å². The highest BCUT2D eigenvalue weighted by Gasteiger charge is 2.16. The van der Waals surface area contributed by atoms with Crippen LogP contribution in [0.3, 0.4) is 0 Å². The SMILES string of the molecule is CNC(c1cccc(OC(F)F)c1)c1ccc(C)o1. The van der Waals surface area contributed by atoms with Crippen molar-refractivity contribution in [2.24, 2.45) is 0 Å². The van der Waals surface area contributed by atoms with Gasteiger partial charge in [0.25, 0.3) is 0 Å². The molecular formula is C14H15F2NO2. The Bertz CT molecular complexity index is 540. The third-order valence-corrected chi connectivity index (χ3v) is 2.75. The molecule has 0 bridgehead atoms. The molecule has 0 saturated carbocycles. The predicted molar refractivity (Wildman–Crippen MR) is 67.4 cm³/mol. The van der Waals surface area contributed by atoms with Crippen molar-refractivity contribution in [1.29, 1.82) is 0 Å². The van der Waals surface area contributed by atoms with Crippen LogP contribution in [-0.4, -0.2) is 13.7 Å². The topological polar surface area (TPSA) is 34.4 Å². The zero-order valence-electron chi connectivity index (χ0n) is 10.7. The Morgan fingerprint density at radius 1 is 1.21 bits per heavy atom. The lowest BCUT2D eigenvalue weighted by atomic mass is 10.0. The van der Waals surface area contributed by atoms with Crippen LogP contribution in [0.25, 0.3) is 0 Å². The molecule has 1 aromatic carbocycles. The summed E-state index contributed by atoms with van der Waals surface area (Å²) in [7, 11) is 1.78. The molecule has 0 radical (unpaired) electrons. The highest BCUT2D eigenvalue weighted by atomic mass is 19.3. The number of hydrogen-bond donors (Lipinski definition) is 1. The van der Waals surface area contributed by atoms with Gasteiger partial charge in [-0.1, -0.05) is 12.1 Å². The molecule has 3 nitrogen and oxygen atoms in total. The fourth-order valence-electron chi connectivity index (χ4n) is 1.95. The zero-order chi connectivity index (χ0) is 13.8. The monoisotopic (exact) mass is 267 g/mol. The Morgan fingerprint density at radius 2 is 2.00 bits per heavy atom. The van der Waals surface area contributed by atoms with E-state index in [1.54, 1.807) is 19.2 Å². The number of hydrogen-bond acceptors (Lipinski definition) is 3. The summed E-state index contributed by atoms with van der Waals surface area (Å²) in [6.07, 6.45) is 0. The van der Waals surface area contributed by atoms with Crippen molar-refractivity contribution in [3.05, 3.63) is 53.5 Å². The van der Waals surface area contributed by atoms with Gasteiger partial charge in [0.05, 0.1) is 6.04 Å². The molecule has 0 saturated heterocycles. The first-order valence-corrected chi connectivity index (χ1v) is 5.88. The molecule has 0 aliphatic heterocycles. The molecule has 0 amide bonds. The number of alkyl halides is 2. The van der Waals surface area contributed by atoms with Crippen molar-refractivity contribution in [2.45, 2.75) is 19.6 Å². The maximum atomic E-state index is 12.2. The van der Waals surface area contributed by atoms with Crippen LogP contribution in [0.15, 0.2) is 40.8 Å². The minimum Gasteiger partial charge on any atom is -0.464 e. The van der Waals surface area contributed by atoms with Gasteiger partial charge in [0.15, 0.2) is 0 Å². The van der Waals surface area contributed by atoms with Crippen molar-refractivity contribution < 1.29 is 17.9 Å². The average Bonchev–Trinajstić information content (AvgIpc) is 2.76. The Labute approximate surface area is 110 Å². The van der Waals surface area contributed by atoms with Crippen LogP contribution >= 0.6 is 0 Å². The summed E-state index contributed by atoms with van der Waals surface area (Å²) in [5.41, 5.74) is 0.801. The molecule has 1 aromatic heterocycles. The first-order valence-electron chi connectivity index (χ1n) is 5.88. The quantitative estimate of drug-likeness (QED) is 0.900. The van der Waals surface area contributed by atoms with Crippen LogP contribution < -0.4 is 10.1 Å². The lowest BCUT2D eigenvalue weighted by Gasteiger charge is -2.15. The standard InChI is InChI=1S/C14H15F2NO2/c1-9-6-7-12(18-9)13(17-2)10-4-3-5-11(8-10)19-14(15)16/h3-8,13-14,17H,1-2H3. The van der Waals surface area contributed by atoms with Crippen molar-refractivity contribution in [3.63, 3.8) is 0 Å². The van der Waals surface area contributed by atoms with Crippen molar-refractivity contribution in [2.75, 3.05) is 7.05 Å². The number of nitrogens with one attached hydrogen (secondary N) is 1. The van der Waals surface area contributed by atoms with Crippen molar-refractivity contribution in [3.8, 4) is 5.75 Å². The van der Waals surface area contributed by atoms with Gasteiger partial charge in [-0.15, -0.1) is 0 Å². The minimum absolute atomic E-state index is 0.135. The second kappa shape index (κ2) is 5.84. The summed E-state index contributed by atoms with van der Waals surface area (Å²) in [4.78, 5) is 0. The van der Waals surface area contributed by atoms with E-state index in [1.165, 1.54) is 6.07 Å². The molecule has 1 atom stereocenters. The normalized spacial score (nSPS) is 12.7. The van der Waals surface area contributed by atoms with Crippen molar-refractivity contribution >= 4 is 0 Å². The molecule has 19 heavy (non-hydrogen) atoms. The summed E-state index contributed by atoms with van der Waals surface area (Å²) in [6.45, 7) is -0.971. The molecule has 2 rings (SSSR count). The average molecular weight is 267 g/mol. The maximum absolute atomic E-state index is 12.2. The Morgan fingerprint density at radius 3 is 2.58 bits per heavy atom. The van der Waals surface area contributed by atoms with Crippen LogP contribution in [0, 0.1) is 6.92 Å². The minimum atomic E-state index is -2.82. The number of halogens is 2. The van der Waals surface area contributed by atoms with Gasteiger partial charge in [0.2, 0.25) is 0 Å². The highest BCUT2D eigenvalue weighted by molar-refractivity contribution is 5.34. The van der Waals surface area contributed by atoms with E-state index in [-0.39, 0.29) is 11.8 Å². The molecule has 5 heteroatoms. The van der Waals surface area contributed by atoms with Crippen LogP contribution in [-0.2, 0) is 0 Å². The van der Waals surface area contributed by atoms with Gasteiger partial charge in [0.1, 0.15) is 17.3 Å². The third kappa shape index (κ3) is 3.32. The second-order valence-electron chi connectivity index (χ2n) is 4.12. The molecule has 1 unspecified atom stereocenters. The zero-order valence-corrected chi connectivity index (χ0v) is 10.7. The lowest BCUT2D eigenvalue weighted by molar-refractivity contribution is -0.0498. The van der Waals surface area contributed by atoms with Gasteiger partial charge in [-0.2, -0.15) is 8.78 Å².